The van der Waals surface area contributed by atoms with Crippen molar-refractivity contribution < 1.29 is 15.0 Å². The molecule has 0 bridgehead atoms. The minimum absolute atomic E-state index is 0.119. The molecule has 0 aromatic heterocycles. The molecule has 4 heteroatoms. The van der Waals surface area contributed by atoms with Crippen LogP contribution in [0.5, 0.6) is 11.5 Å². The van der Waals surface area contributed by atoms with Crippen molar-refractivity contribution in [3.05, 3.63) is 59.2 Å². The number of hydrogen-bond donors (Lipinski definition) is 2. The van der Waals surface area contributed by atoms with E-state index in [0.29, 0.717) is 12.1 Å². The lowest BCUT2D eigenvalue weighted by Crippen LogP contribution is -2.26. The molecule has 0 saturated heterocycles. The molecule has 0 saturated carbocycles. The molecule has 0 spiro atoms. The summed E-state index contributed by atoms with van der Waals surface area (Å²) in [4.78, 5) is 13.8. The number of aryl methyl sites for hydroxylation is 1. The van der Waals surface area contributed by atoms with Crippen LogP contribution in [0.25, 0.3) is 0 Å². The third-order valence-corrected chi connectivity index (χ3v) is 3.16. The first kappa shape index (κ1) is 13.9. The summed E-state index contributed by atoms with van der Waals surface area (Å²) in [6.45, 7) is 2.22. The van der Waals surface area contributed by atoms with Crippen LogP contribution in [0, 0.1) is 6.92 Å². The van der Waals surface area contributed by atoms with Crippen LogP contribution in [-0.4, -0.2) is 28.1 Å². The van der Waals surface area contributed by atoms with Crippen molar-refractivity contribution in [2.45, 2.75) is 13.5 Å². The SMILES string of the molecule is Cc1ccc(C(=O)N(C)Cc2ccc(O)cc2)cc1O. The summed E-state index contributed by atoms with van der Waals surface area (Å²) in [5.74, 6) is 0.161. The van der Waals surface area contributed by atoms with Crippen molar-refractivity contribution in [1.82, 2.24) is 4.90 Å². The normalized spacial score (nSPS) is 10.3. The Labute approximate surface area is 117 Å². The summed E-state index contributed by atoms with van der Waals surface area (Å²) >= 11 is 0. The molecule has 104 valence electrons. The summed E-state index contributed by atoms with van der Waals surface area (Å²) in [7, 11) is 1.70. The van der Waals surface area contributed by atoms with Gasteiger partial charge in [0, 0.05) is 19.2 Å². The number of carbonyl (C=O) groups is 1. The van der Waals surface area contributed by atoms with Crippen LogP contribution < -0.4 is 0 Å². The summed E-state index contributed by atoms with van der Waals surface area (Å²) in [5, 5.41) is 18.9. The van der Waals surface area contributed by atoms with Gasteiger partial charge >= 0.3 is 0 Å². The van der Waals surface area contributed by atoms with Crippen LogP contribution in [0.1, 0.15) is 21.5 Å². The average molecular weight is 271 g/mol. The molecule has 2 rings (SSSR count). The maximum absolute atomic E-state index is 12.2. The standard InChI is InChI=1S/C16H17NO3/c1-11-3-6-13(9-15(11)19)16(20)17(2)10-12-4-7-14(18)8-5-12/h3-9,18-19H,10H2,1-2H3. The zero-order valence-corrected chi connectivity index (χ0v) is 11.5. The van der Waals surface area contributed by atoms with Crippen LogP contribution in [0.2, 0.25) is 0 Å². The molecular weight excluding hydrogens is 254 g/mol. The van der Waals surface area contributed by atoms with E-state index >= 15 is 0 Å². The van der Waals surface area contributed by atoms with Crippen molar-refractivity contribution in [2.24, 2.45) is 0 Å². The van der Waals surface area contributed by atoms with E-state index in [-0.39, 0.29) is 17.4 Å². The quantitative estimate of drug-likeness (QED) is 0.902. The molecule has 0 fully saturated rings. The third kappa shape index (κ3) is 3.09. The average Bonchev–Trinajstić information content (AvgIpc) is 2.43. The Morgan fingerprint density at radius 3 is 2.35 bits per heavy atom. The van der Waals surface area contributed by atoms with E-state index in [1.54, 1.807) is 55.3 Å². The van der Waals surface area contributed by atoms with Crippen molar-refractivity contribution in [3.63, 3.8) is 0 Å². The Morgan fingerprint density at radius 1 is 1.10 bits per heavy atom. The number of aromatic hydroxyl groups is 2. The highest BCUT2D eigenvalue weighted by Crippen LogP contribution is 2.19. The van der Waals surface area contributed by atoms with E-state index in [1.165, 1.54) is 6.07 Å². The van der Waals surface area contributed by atoms with E-state index in [0.717, 1.165) is 11.1 Å². The van der Waals surface area contributed by atoms with E-state index in [1.807, 2.05) is 0 Å². The van der Waals surface area contributed by atoms with Gasteiger partial charge < -0.3 is 15.1 Å². The molecule has 0 aliphatic heterocycles. The highest BCUT2D eigenvalue weighted by molar-refractivity contribution is 5.94. The van der Waals surface area contributed by atoms with Gasteiger partial charge in [-0.05, 0) is 42.3 Å². The van der Waals surface area contributed by atoms with Crippen LogP contribution in [-0.2, 0) is 6.54 Å². The molecule has 2 aromatic carbocycles. The maximum Gasteiger partial charge on any atom is 0.254 e. The van der Waals surface area contributed by atoms with Crippen LogP contribution in [0.15, 0.2) is 42.5 Å². The number of rotatable bonds is 3. The van der Waals surface area contributed by atoms with Gasteiger partial charge in [0.1, 0.15) is 11.5 Å². The topological polar surface area (TPSA) is 60.8 Å². The van der Waals surface area contributed by atoms with Crippen LogP contribution in [0.3, 0.4) is 0 Å². The fourth-order valence-electron chi connectivity index (χ4n) is 1.91. The second-order valence-electron chi connectivity index (χ2n) is 4.83. The minimum Gasteiger partial charge on any atom is -0.508 e. The Morgan fingerprint density at radius 2 is 1.75 bits per heavy atom. The van der Waals surface area contributed by atoms with Crippen LogP contribution in [0.4, 0.5) is 0 Å². The molecule has 0 radical (unpaired) electrons. The van der Waals surface area contributed by atoms with Gasteiger partial charge in [0.05, 0.1) is 0 Å². The highest BCUT2D eigenvalue weighted by Gasteiger charge is 2.13. The zero-order chi connectivity index (χ0) is 14.7. The molecule has 4 nitrogen and oxygen atoms in total. The lowest BCUT2D eigenvalue weighted by atomic mass is 10.1. The molecule has 2 N–H and O–H groups in total. The molecule has 0 heterocycles. The second kappa shape index (κ2) is 5.65. The van der Waals surface area contributed by atoms with Gasteiger partial charge in [0.25, 0.3) is 5.91 Å². The van der Waals surface area contributed by atoms with Crippen molar-refractivity contribution >= 4 is 5.91 Å². The number of nitrogens with zero attached hydrogens (tertiary/aromatic N) is 1. The van der Waals surface area contributed by atoms with Gasteiger partial charge in [-0.25, -0.2) is 0 Å². The Hall–Kier alpha value is -2.49. The number of benzene rings is 2. The van der Waals surface area contributed by atoms with Gasteiger partial charge in [-0.15, -0.1) is 0 Å². The fourth-order valence-corrected chi connectivity index (χ4v) is 1.91. The first-order valence-corrected chi connectivity index (χ1v) is 6.30. The predicted molar refractivity (Wildman–Crippen MR) is 76.7 cm³/mol. The Bertz CT molecular complexity index is 620. The smallest absolute Gasteiger partial charge is 0.254 e. The summed E-state index contributed by atoms with van der Waals surface area (Å²) in [6.07, 6.45) is 0. The van der Waals surface area contributed by atoms with E-state index < -0.39 is 0 Å². The van der Waals surface area contributed by atoms with Crippen molar-refractivity contribution in [1.29, 1.82) is 0 Å². The first-order chi connectivity index (χ1) is 9.47. The second-order valence-corrected chi connectivity index (χ2v) is 4.83. The summed E-state index contributed by atoms with van der Waals surface area (Å²) < 4.78 is 0. The molecule has 0 aliphatic carbocycles. The third-order valence-electron chi connectivity index (χ3n) is 3.16. The van der Waals surface area contributed by atoms with Crippen molar-refractivity contribution in [2.75, 3.05) is 7.05 Å². The van der Waals surface area contributed by atoms with Gasteiger partial charge in [0.15, 0.2) is 0 Å². The number of phenols is 2. The molecular formula is C16H17NO3. The molecule has 0 atom stereocenters. The van der Waals surface area contributed by atoms with Gasteiger partial charge in [-0.2, -0.15) is 0 Å². The van der Waals surface area contributed by atoms with E-state index in [4.69, 9.17) is 0 Å². The monoisotopic (exact) mass is 271 g/mol. The Balaban J connectivity index is 2.11. The largest absolute Gasteiger partial charge is 0.508 e. The lowest BCUT2D eigenvalue weighted by Gasteiger charge is -2.17. The molecule has 1 amide bonds. The Kier molecular flexibility index (Phi) is 3.94. The van der Waals surface area contributed by atoms with Gasteiger partial charge in [-0.1, -0.05) is 18.2 Å². The van der Waals surface area contributed by atoms with E-state index in [9.17, 15) is 15.0 Å². The van der Waals surface area contributed by atoms with Gasteiger partial charge in [-0.3, -0.25) is 4.79 Å². The number of hydrogen-bond acceptors (Lipinski definition) is 3. The first-order valence-electron chi connectivity index (χ1n) is 6.30. The van der Waals surface area contributed by atoms with Gasteiger partial charge in [0.2, 0.25) is 0 Å². The molecule has 0 aliphatic rings. The lowest BCUT2D eigenvalue weighted by molar-refractivity contribution is 0.0784. The van der Waals surface area contributed by atoms with Crippen LogP contribution >= 0.6 is 0 Å². The summed E-state index contributed by atoms with van der Waals surface area (Å²) in [6, 6.07) is 11.6. The fraction of sp³-hybridized carbons (Fsp3) is 0.188. The predicted octanol–water partition coefficient (Wildman–Crippen LogP) is 2.68. The number of carbonyl (C=O) groups excluding carboxylic acids is 1. The number of phenolic OH excluding ortho intramolecular Hbond substituents is 2. The highest BCUT2D eigenvalue weighted by atomic mass is 16.3. The maximum atomic E-state index is 12.2. The van der Waals surface area contributed by atoms with E-state index in [2.05, 4.69) is 0 Å². The summed E-state index contributed by atoms with van der Waals surface area (Å²) in [5.41, 5.74) is 2.12. The molecule has 2 aromatic rings. The number of amides is 1. The molecule has 0 unspecified atom stereocenters. The molecule has 20 heavy (non-hydrogen) atoms. The van der Waals surface area contributed by atoms with Crippen molar-refractivity contribution in [3.8, 4) is 11.5 Å². The minimum atomic E-state index is -0.159. The zero-order valence-electron chi connectivity index (χ0n) is 11.5.